The molecule has 1 heterocycles. The minimum Gasteiger partial charge on any atom is -0.854 e. The van der Waals surface area contributed by atoms with Gasteiger partial charge in [-0.05, 0) is 22.1 Å². The zero-order valence-corrected chi connectivity index (χ0v) is 13.1. The zero-order valence-electron chi connectivity index (χ0n) is 13.1. The molecule has 110 valence electrons. The topological polar surface area (TPSA) is 39.3 Å². The highest BCUT2D eigenvalue weighted by atomic mass is 16.3. The lowest BCUT2D eigenvalue weighted by molar-refractivity contribution is -0.695. The number of benzene rings is 1. The summed E-state index contributed by atoms with van der Waals surface area (Å²) in [5.74, 6) is -0.218. The summed E-state index contributed by atoms with van der Waals surface area (Å²) in [4.78, 5) is 0. The van der Waals surface area contributed by atoms with E-state index in [1.54, 1.807) is 16.8 Å². The molecule has 3 nitrogen and oxygen atoms in total. The van der Waals surface area contributed by atoms with Gasteiger partial charge in [-0.25, -0.2) is 0 Å². The van der Waals surface area contributed by atoms with Crippen LogP contribution in [0.1, 0.15) is 37.7 Å². The molecule has 0 aliphatic rings. The van der Waals surface area contributed by atoms with E-state index in [9.17, 15) is 5.11 Å². The molecular formula is C18H22N2O. The van der Waals surface area contributed by atoms with Crippen LogP contribution in [0.4, 0.5) is 0 Å². The Morgan fingerprint density at radius 1 is 1.05 bits per heavy atom. The summed E-state index contributed by atoms with van der Waals surface area (Å²) in [6.07, 6.45) is 0.861. The van der Waals surface area contributed by atoms with Crippen molar-refractivity contribution < 1.29 is 9.78 Å². The maximum atomic E-state index is 12.3. The molecule has 0 aliphatic heterocycles. The molecule has 0 saturated heterocycles. The zero-order chi connectivity index (χ0) is 15.5. The molecule has 0 bridgehead atoms. The van der Waals surface area contributed by atoms with Gasteiger partial charge in [-0.15, -0.1) is 0 Å². The first-order chi connectivity index (χ1) is 9.87. The predicted octanol–water partition coefficient (Wildman–Crippen LogP) is 2.44. The SMILES string of the molecule is Cc1cccc(CC(C)(C)C)[n+]1/N=C(\[O-])c1ccccc1. The van der Waals surface area contributed by atoms with Gasteiger partial charge >= 0.3 is 0 Å². The number of hydrogen-bond donors (Lipinski definition) is 0. The van der Waals surface area contributed by atoms with Gasteiger partial charge < -0.3 is 5.11 Å². The quantitative estimate of drug-likeness (QED) is 0.484. The van der Waals surface area contributed by atoms with Crippen LogP contribution in [0.15, 0.2) is 53.6 Å². The predicted molar refractivity (Wildman–Crippen MR) is 82.9 cm³/mol. The van der Waals surface area contributed by atoms with Crippen LogP contribution in [-0.2, 0) is 6.42 Å². The van der Waals surface area contributed by atoms with Crippen molar-refractivity contribution in [2.45, 2.75) is 34.1 Å². The van der Waals surface area contributed by atoms with Gasteiger partial charge in [0.05, 0.1) is 5.90 Å². The number of hydrogen-bond acceptors (Lipinski definition) is 2. The Hall–Kier alpha value is -2.16. The van der Waals surface area contributed by atoms with E-state index >= 15 is 0 Å². The van der Waals surface area contributed by atoms with E-state index in [0.29, 0.717) is 5.56 Å². The van der Waals surface area contributed by atoms with Crippen LogP contribution in [0.2, 0.25) is 0 Å². The molecule has 0 unspecified atom stereocenters. The molecule has 0 amide bonds. The number of aryl methyl sites for hydroxylation is 1. The van der Waals surface area contributed by atoms with Crippen molar-refractivity contribution in [1.29, 1.82) is 0 Å². The van der Waals surface area contributed by atoms with Crippen molar-refractivity contribution in [3.05, 3.63) is 65.5 Å². The van der Waals surface area contributed by atoms with E-state index in [0.717, 1.165) is 17.8 Å². The van der Waals surface area contributed by atoms with Crippen LogP contribution in [0, 0.1) is 12.3 Å². The number of nitrogens with zero attached hydrogens (tertiary/aromatic N) is 2. The van der Waals surface area contributed by atoms with Gasteiger partial charge in [0.15, 0.2) is 0 Å². The fourth-order valence-electron chi connectivity index (χ4n) is 2.22. The molecule has 1 aromatic carbocycles. The van der Waals surface area contributed by atoms with Gasteiger partial charge in [0.1, 0.15) is 0 Å². The number of pyridine rings is 1. The highest BCUT2D eigenvalue weighted by Gasteiger charge is 2.21. The van der Waals surface area contributed by atoms with Crippen molar-refractivity contribution in [3.63, 3.8) is 0 Å². The third-order valence-electron chi connectivity index (χ3n) is 3.16. The van der Waals surface area contributed by atoms with Crippen LogP contribution < -0.4 is 9.78 Å². The van der Waals surface area contributed by atoms with E-state index < -0.39 is 0 Å². The minimum atomic E-state index is -0.218. The van der Waals surface area contributed by atoms with Gasteiger partial charge in [-0.2, -0.15) is 0 Å². The van der Waals surface area contributed by atoms with Gasteiger partial charge in [0, 0.05) is 25.5 Å². The van der Waals surface area contributed by atoms with Crippen molar-refractivity contribution in [3.8, 4) is 0 Å². The van der Waals surface area contributed by atoms with Crippen LogP contribution in [0.3, 0.4) is 0 Å². The Bertz CT molecular complexity index is 640. The first-order valence-electron chi connectivity index (χ1n) is 7.19. The maximum Gasteiger partial charge on any atom is 0.215 e. The van der Waals surface area contributed by atoms with E-state index in [1.807, 2.05) is 43.3 Å². The maximum absolute atomic E-state index is 12.3. The van der Waals surface area contributed by atoms with E-state index in [4.69, 9.17) is 0 Å². The molecule has 0 aliphatic carbocycles. The first-order valence-corrected chi connectivity index (χ1v) is 7.19. The molecule has 0 saturated carbocycles. The summed E-state index contributed by atoms with van der Waals surface area (Å²) < 4.78 is 1.76. The lowest BCUT2D eigenvalue weighted by atomic mass is 9.90. The van der Waals surface area contributed by atoms with Gasteiger partial charge in [-0.1, -0.05) is 55.8 Å². The monoisotopic (exact) mass is 282 g/mol. The fourth-order valence-corrected chi connectivity index (χ4v) is 2.22. The second-order valence-corrected chi connectivity index (χ2v) is 6.48. The summed E-state index contributed by atoms with van der Waals surface area (Å²) >= 11 is 0. The smallest absolute Gasteiger partial charge is 0.215 e. The second kappa shape index (κ2) is 6.08. The van der Waals surface area contributed by atoms with Gasteiger partial charge in [0.2, 0.25) is 11.4 Å². The average Bonchev–Trinajstić information content (AvgIpc) is 2.42. The molecule has 0 fully saturated rings. The molecule has 3 heteroatoms. The highest BCUT2D eigenvalue weighted by Crippen LogP contribution is 2.18. The second-order valence-electron chi connectivity index (χ2n) is 6.48. The summed E-state index contributed by atoms with van der Waals surface area (Å²) in [7, 11) is 0. The average molecular weight is 282 g/mol. The molecule has 21 heavy (non-hydrogen) atoms. The lowest BCUT2D eigenvalue weighted by Crippen LogP contribution is -2.41. The van der Waals surface area contributed by atoms with Crippen LogP contribution in [-0.4, -0.2) is 5.90 Å². The summed E-state index contributed by atoms with van der Waals surface area (Å²) in [6.45, 7) is 8.50. The number of aromatic nitrogens is 1. The molecule has 0 N–H and O–H groups in total. The third-order valence-corrected chi connectivity index (χ3v) is 3.16. The largest absolute Gasteiger partial charge is 0.854 e. The summed E-state index contributed by atoms with van der Waals surface area (Å²) in [5.41, 5.74) is 2.75. The van der Waals surface area contributed by atoms with Crippen LogP contribution >= 0.6 is 0 Å². The Balaban J connectivity index is 2.44. The minimum absolute atomic E-state index is 0.140. The summed E-state index contributed by atoms with van der Waals surface area (Å²) in [5, 5.41) is 16.6. The normalized spacial score (nSPS) is 12.5. The Morgan fingerprint density at radius 2 is 1.71 bits per heavy atom. The van der Waals surface area contributed by atoms with E-state index in [-0.39, 0.29) is 11.3 Å². The molecule has 2 rings (SSSR count). The van der Waals surface area contributed by atoms with Crippen molar-refractivity contribution in [1.82, 2.24) is 0 Å². The molecule has 1 aromatic heterocycles. The molecular weight excluding hydrogens is 260 g/mol. The first kappa shape index (κ1) is 15.2. The number of rotatable bonds is 3. The van der Waals surface area contributed by atoms with E-state index in [1.165, 1.54) is 0 Å². The Morgan fingerprint density at radius 3 is 2.33 bits per heavy atom. The third kappa shape index (κ3) is 4.15. The fraction of sp³-hybridized carbons (Fsp3) is 0.333. The van der Waals surface area contributed by atoms with Gasteiger partial charge in [0.25, 0.3) is 0 Å². The molecule has 0 spiro atoms. The van der Waals surface area contributed by atoms with E-state index in [2.05, 4.69) is 25.9 Å². The highest BCUT2D eigenvalue weighted by molar-refractivity contribution is 5.89. The standard InChI is InChI=1S/C18H22N2O/c1-14-9-8-12-16(13-18(2,3)4)20(14)19-17(21)15-10-6-5-7-11-15/h5-12H,13H2,1-4H3. The summed E-state index contributed by atoms with van der Waals surface area (Å²) in [6, 6.07) is 15.2. The van der Waals surface area contributed by atoms with Crippen molar-refractivity contribution >= 4 is 5.90 Å². The van der Waals surface area contributed by atoms with Crippen molar-refractivity contribution in [2.24, 2.45) is 10.5 Å². The van der Waals surface area contributed by atoms with Crippen LogP contribution in [0.5, 0.6) is 0 Å². The molecule has 0 atom stereocenters. The Kier molecular flexibility index (Phi) is 4.41. The molecule has 0 radical (unpaired) electrons. The lowest BCUT2D eigenvalue weighted by Gasteiger charge is -2.16. The van der Waals surface area contributed by atoms with Crippen molar-refractivity contribution in [2.75, 3.05) is 0 Å². The molecule has 2 aromatic rings. The Labute approximate surface area is 126 Å². The van der Waals surface area contributed by atoms with Crippen LogP contribution in [0.25, 0.3) is 0 Å². The van der Waals surface area contributed by atoms with Gasteiger partial charge in [-0.3, -0.25) is 0 Å².